The summed E-state index contributed by atoms with van der Waals surface area (Å²) in [5.41, 5.74) is 2.56. The van der Waals surface area contributed by atoms with E-state index in [1.165, 1.54) is 31.3 Å². The average Bonchev–Trinajstić information content (AvgIpc) is 2.84. The first-order valence-electron chi connectivity index (χ1n) is 8.85. The van der Waals surface area contributed by atoms with Crippen molar-refractivity contribution in [3.8, 4) is 0 Å². The molecule has 1 atom stereocenters. The van der Waals surface area contributed by atoms with E-state index in [0.717, 1.165) is 31.2 Å². The van der Waals surface area contributed by atoms with Crippen molar-refractivity contribution in [3.05, 3.63) is 41.5 Å². The topological polar surface area (TPSA) is 37.4 Å². The number of sulfonamides is 1. The number of hydrogen-bond acceptors (Lipinski definition) is 2. The first-order chi connectivity index (χ1) is 11.1. The van der Waals surface area contributed by atoms with E-state index in [4.69, 9.17) is 0 Å². The monoisotopic (exact) mass is 333 g/mol. The van der Waals surface area contributed by atoms with Crippen LogP contribution in [0.25, 0.3) is 0 Å². The van der Waals surface area contributed by atoms with Gasteiger partial charge in [-0.1, -0.05) is 42.2 Å². The molecule has 0 N–H and O–H groups in total. The summed E-state index contributed by atoms with van der Waals surface area (Å²) >= 11 is 0. The lowest BCUT2D eigenvalue weighted by Gasteiger charge is -2.23. The van der Waals surface area contributed by atoms with Crippen LogP contribution in [0.3, 0.4) is 0 Å². The Kier molecular flexibility index (Phi) is 5.22. The van der Waals surface area contributed by atoms with E-state index in [1.54, 1.807) is 16.4 Å². The molecule has 0 aromatic heterocycles. The minimum atomic E-state index is -3.38. The Morgan fingerprint density at radius 3 is 2.30 bits per heavy atom. The Labute approximate surface area is 140 Å². The molecule has 4 heteroatoms. The highest BCUT2D eigenvalue weighted by Gasteiger charge is 2.34. The van der Waals surface area contributed by atoms with Crippen molar-refractivity contribution in [2.24, 2.45) is 0 Å². The van der Waals surface area contributed by atoms with Gasteiger partial charge in [0.1, 0.15) is 0 Å². The zero-order valence-corrected chi connectivity index (χ0v) is 14.8. The van der Waals surface area contributed by atoms with Crippen LogP contribution >= 0.6 is 0 Å². The predicted molar refractivity (Wildman–Crippen MR) is 93.9 cm³/mol. The molecular formula is C19H27NO2S. The molecule has 3 nitrogen and oxygen atoms in total. The lowest BCUT2D eigenvalue weighted by molar-refractivity contribution is 0.430. The van der Waals surface area contributed by atoms with Gasteiger partial charge in [-0.05, 0) is 57.6 Å². The molecule has 1 aliphatic carbocycles. The van der Waals surface area contributed by atoms with Crippen molar-refractivity contribution in [1.29, 1.82) is 0 Å². The van der Waals surface area contributed by atoms with E-state index < -0.39 is 10.0 Å². The van der Waals surface area contributed by atoms with Crippen molar-refractivity contribution in [2.75, 3.05) is 6.54 Å². The highest BCUT2D eigenvalue weighted by atomic mass is 32.2. The van der Waals surface area contributed by atoms with Gasteiger partial charge in [0.2, 0.25) is 10.0 Å². The first-order valence-corrected chi connectivity index (χ1v) is 10.3. The third kappa shape index (κ3) is 3.86. The van der Waals surface area contributed by atoms with Crippen LogP contribution in [0.4, 0.5) is 0 Å². The minimum Gasteiger partial charge on any atom is -0.207 e. The molecule has 0 radical (unpaired) electrons. The summed E-state index contributed by atoms with van der Waals surface area (Å²) < 4.78 is 27.6. The van der Waals surface area contributed by atoms with Gasteiger partial charge in [-0.25, -0.2) is 8.42 Å². The Balaban J connectivity index is 1.82. The van der Waals surface area contributed by atoms with Crippen LogP contribution in [0.5, 0.6) is 0 Å². The average molecular weight is 333 g/mol. The Morgan fingerprint density at radius 2 is 1.65 bits per heavy atom. The Morgan fingerprint density at radius 1 is 1.00 bits per heavy atom. The summed E-state index contributed by atoms with van der Waals surface area (Å²) in [6, 6.07) is 7.27. The molecular weight excluding hydrogens is 306 g/mol. The summed E-state index contributed by atoms with van der Waals surface area (Å²) in [4.78, 5) is 0.425. The van der Waals surface area contributed by atoms with E-state index in [9.17, 15) is 8.42 Å². The molecule has 0 spiro atoms. The molecule has 2 fully saturated rings. The molecule has 23 heavy (non-hydrogen) atoms. The molecule has 3 rings (SSSR count). The fourth-order valence-electron chi connectivity index (χ4n) is 3.70. The second kappa shape index (κ2) is 7.18. The molecule has 1 aromatic rings. The fourth-order valence-corrected chi connectivity index (χ4v) is 5.34. The molecule has 1 saturated heterocycles. The van der Waals surface area contributed by atoms with Gasteiger partial charge in [-0.15, -0.1) is 0 Å². The van der Waals surface area contributed by atoms with Crippen LogP contribution in [-0.4, -0.2) is 25.3 Å². The number of rotatable bonds is 3. The normalized spacial score (nSPS) is 23.7. The van der Waals surface area contributed by atoms with E-state index in [0.29, 0.717) is 11.4 Å². The minimum absolute atomic E-state index is 0.0504. The Bertz CT molecular complexity index is 651. The summed E-state index contributed by atoms with van der Waals surface area (Å²) in [6.45, 7) is 2.62. The molecule has 1 saturated carbocycles. The molecule has 126 valence electrons. The van der Waals surface area contributed by atoms with Crippen LogP contribution < -0.4 is 0 Å². The van der Waals surface area contributed by atoms with Crippen molar-refractivity contribution < 1.29 is 8.42 Å². The van der Waals surface area contributed by atoms with Crippen molar-refractivity contribution in [3.63, 3.8) is 0 Å². The maximum absolute atomic E-state index is 13.0. The molecule has 1 aliphatic heterocycles. The second-order valence-corrected chi connectivity index (χ2v) is 8.77. The standard InChI is InChI=1S/C19H27NO2S/c1-16-10-12-19(13-11-16)23(21,22)20-14-6-9-18(20)15-17-7-4-2-3-5-8-17/h10-13,15,18H,2-9,14H2,1H3/t18-/m0/s1. The number of allylic oxidation sites excluding steroid dienone is 1. The number of benzene rings is 1. The smallest absolute Gasteiger partial charge is 0.207 e. The van der Waals surface area contributed by atoms with Gasteiger partial charge >= 0.3 is 0 Å². The third-order valence-electron chi connectivity index (χ3n) is 5.05. The van der Waals surface area contributed by atoms with Crippen LogP contribution in [0.2, 0.25) is 0 Å². The first kappa shape index (κ1) is 16.7. The summed E-state index contributed by atoms with van der Waals surface area (Å²) in [5, 5.41) is 0. The zero-order chi connectivity index (χ0) is 16.3. The van der Waals surface area contributed by atoms with E-state index in [1.807, 2.05) is 19.1 Å². The summed E-state index contributed by atoms with van der Waals surface area (Å²) in [6.07, 6.45) is 11.6. The molecule has 2 aliphatic rings. The van der Waals surface area contributed by atoms with Gasteiger partial charge in [0.05, 0.1) is 4.90 Å². The van der Waals surface area contributed by atoms with Crippen LogP contribution in [0, 0.1) is 6.92 Å². The molecule has 1 heterocycles. The van der Waals surface area contributed by atoms with Gasteiger partial charge in [-0.2, -0.15) is 4.31 Å². The van der Waals surface area contributed by atoms with Gasteiger partial charge in [0.25, 0.3) is 0 Å². The molecule has 1 aromatic carbocycles. The maximum atomic E-state index is 13.0. The summed E-state index contributed by atoms with van der Waals surface area (Å²) in [7, 11) is -3.38. The van der Waals surface area contributed by atoms with Gasteiger partial charge in [-0.3, -0.25) is 0 Å². The highest BCUT2D eigenvalue weighted by molar-refractivity contribution is 7.89. The van der Waals surface area contributed by atoms with Gasteiger partial charge < -0.3 is 0 Å². The SMILES string of the molecule is Cc1ccc(S(=O)(=O)N2CCC[C@H]2C=C2CCCCCC2)cc1. The largest absolute Gasteiger partial charge is 0.243 e. The number of nitrogens with zero attached hydrogens (tertiary/aromatic N) is 1. The van der Waals surface area contributed by atoms with Crippen molar-refractivity contribution >= 4 is 10.0 Å². The molecule has 0 amide bonds. The highest BCUT2D eigenvalue weighted by Crippen LogP contribution is 2.30. The van der Waals surface area contributed by atoms with Crippen LogP contribution in [-0.2, 0) is 10.0 Å². The molecule has 0 bridgehead atoms. The maximum Gasteiger partial charge on any atom is 0.243 e. The van der Waals surface area contributed by atoms with Crippen LogP contribution in [0.1, 0.15) is 56.9 Å². The van der Waals surface area contributed by atoms with Gasteiger partial charge in [0.15, 0.2) is 0 Å². The van der Waals surface area contributed by atoms with E-state index in [-0.39, 0.29) is 6.04 Å². The lowest BCUT2D eigenvalue weighted by Crippen LogP contribution is -2.34. The fraction of sp³-hybridized carbons (Fsp3) is 0.579. The number of aryl methyl sites for hydroxylation is 1. The zero-order valence-electron chi connectivity index (χ0n) is 14.0. The predicted octanol–water partition coefficient (Wildman–Crippen LogP) is 4.43. The number of hydrogen-bond donors (Lipinski definition) is 0. The van der Waals surface area contributed by atoms with Crippen LogP contribution in [0.15, 0.2) is 40.8 Å². The summed E-state index contributed by atoms with van der Waals surface area (Å²) in [5.74, 6) is 0. The molecule has 0 unspecified atom stereocenters. The third-order valence-corrected chi connectivity index (χ3v) is 6.99. The Hall–Kier alpha value is -1.13. The van der Waals surface area contributed by atoms with Crippen molar-refractivity contribution in [2.45, 2.75) is 69.2 Å². The van der Waals surface area contributed by atoms with E-state index >= 15 is 0 Å². The van der Waals surface area contributed by atoms with Gasteiger partial charge in [0, 0.05) is 12.6 Å². The van der Waals surface area contributed by atoms with Crippen molar-refractivity contribution in [1.82, 2.24) is 4.31 Å². The second-order valence-electron chi connectivity index (χ2n) is 6.88. The quantitative estimate of drug-likeness (QED) is 0.606. The van der Waals surface area contributed by atoms with E-state index in [2.05, 4.69) is 6.08 Å². The lowest BCUT2D eigenvalue weighted by atomic mass is 10.0.